The van der Waals surface area contributed by atoms with Crippen molar-refractivity contribution in [3.8, 4) is 0 Å². The highest BCUT2D eigenvalue weighted by Crippen LogP contribution is 2.36. The smallest absolute Gasteiger partial charge is 0.338 e. The molecule has 2 aromatic rings. The Kier molecular flexibility index (Phi) is 4.19. The number of hydrogen-bond donors (Lipinski definition) is 2. The van der Waals surface area contributed by atoms with Gasteiger partial charge in [0.1, 0.15) is 5.03 Å². The molecule has 1 heterocycles. The Labute approximate surface area is 123 Å². The molecule has 2 rings (SSSR count). The van der Waals surface area contributed by atoms with Crippen LogP contribution in [0.25, 0.3) is 0 Å². The van der Waals surface area contributed by atoms with Gasteiger partial charge in [-0.15, -0.1) is 0 Å². The molecule has 0 fully saturated rings. The van der Waals surface area contributed by atoms with Gasteiger partial charge in [-0.2, -0.15) is 0 Å². The summed E-state index contributed by atoms with van der Waals surface area (Å²) >= 11 is 13.0. The van der Waals surface area contributed by atoms with E-state index in [4.69, 9.17) is 34.0 Å². The molecular formula is C12H8Cl2N2O2S. The largest absolute Gasteiger partial charge is 0.478 e. The van der Waals surface area contributed by atoms with Gasteiger partial charge in [0, 0.05) is 9.92 Å². The van der Waals surface area contributed by atoms with Crippen LogP contribution >= 0.6 is 35.0 Å². The molecule has 1 aromatic heterocycles. The lowest BCUT2D eigenvalue weighted by atomic mass is 10.3. The average Bonchev–Trinajstić information content (AvgIpc) is 2.35. The molecule has 3 N–H and O–H groups in total. The highest BCUT2D eigenvalue weighted by Gasteiger charge is 2.15. The minimum atomic E-state index is -1.10. The predicted octanol–water partition coefficient (Wildman–Crippen LogP) is 3.82. The molecule has 0 saturated carbocycles. The number of pyridine rings is 1. The first-order valence-electron chi connectivity index (χ1n) is 5.09. The van der Waals surface area contributed by atoms with Crippen molar-refractivity contribution in [3.63, 3.8) is 0 Å². The summed E-state index contributed by atoms with van der Waals surface area (Å²) in [5.41, 5.74) is 5.85. The number of halogens is 2. The van der Waals surface area contributed by atoms with Gasteiger partial charge in [-0.3, -0.25) is 0 Å². The van der Waals surface area contributed by atoms with Crippen LogP contribution in [-0.4, -0.2) is 16.1 Å². The Balaban J connectivity index is 2.43. The lowest BCUT2D eigenvalue weighted by Crippen LogP contribution is -2.02. The van der Waals surface area contributed by atoms with Crippen molar-refractivity contribution in [1.82, 2.24) is 4.98 Å². The molecule has 0 spiro atoms. The van der Waals surface area contributed by atoms with Crippen molar-refractivity contribution >= 4 is 46.6 Å². The van der Waals surface area contributed by atoms with Crippen LogP contribution in [0.15, 0.2) is 40.4 Å². The van der Waals surface area contributed by atoms with Gasteiger partial charge in [-0.25, -0.2) is 9.78 Å². The summed E-state index contributed by atoms with van der Waals surface area (Å²) < 4.78 is 0. The van der Waals surface area contributed by atoms with Crippen LogP contribution in [0.3, 0.4) is 0 Å². The number of carboxylic acid groups (broad SMARTS) is 1. The number of benzene rings is 1. The highest BCUT2D eigenvalue weighted by atomic mass is 35.5. The predicted molar refractivity (Wildman–Crippen MR) is 76.2 cm³/mol. The number of rotatable bonds is 3. The molecule has 0 unspecified atom stereocenters. The van der Waals surface area contributed by atoms with Gasteiger partial charge in [0.05, 0.1) is 22.5 Å². The Bertz CT molecular complexity index is 650. The van der Waals surface area contributed by atoms with Crippen molar-refractivity contribution in [1.29, 1.82) is 0 Å². The Morgan fingerprint density at radius 1 is 1.32 bits per heavy atom. The third kappa shape index (κ3) is 3.32. The molecule has 4 nitrogen and oxygen atoms in total. The van der Waals surface area contributed by atoms with Gasteiger partial charge in [0.2, 0.25) is 0 Å². The third-order valence-electron chi connectivity index (χ3n) is 2.20. The molecule has 98 valence electrons. The second kappa shape index (κ2) is 5.69. The molecule has 7 heteroatoms. The quantitative estimate of drug-likeness (QED) is 0.900. The number of nitrogen functional groups attached to an aromatic ring is 1. The van der Waals surface area contributed by atoms with Crippen LogP contribution in [0.5, 0.6) is 0 Å². The van der Waals surface area contributed by atoms with Crippen LogP contribution < -0.4 is 5.73 Å². The monoisotopic (exact) mass is 314 g/mol. The van der Waals surface area contributed by atoms with Crippen molar-refractivity contribution in [3.05, 3.63) is 46.1 Å². The van der Waals surface area contributed by atoms with E-state index in [1.54, 1.807) is 18.2 Å². The van der Waals surface area contributed by atoms with E-state index in [1.165, 1.54) is 12.3 Å². The second-order valence-electron chi connectivity index (χ2n) is 3.60. The fourth-order valence-electron chi connectivity index (χ4n) is 1.36. The SMILES string of the molecule is Nc1cnc(Sc2cc(Cl)ccc2Cl)c(C(=O)O)c1. The lowest BCUT2D eigenvalue weighted by Gasteiger charge is -2.07. The zero-order chi connectivity index (χ0) is 14.0. The van der Waals surface area contributed by atoms with E-state index in [-0.39, 0.29) is 5.56 Å². The van der Waals surface area contributed by atoms with Gasteiger partial charge in [0.15, 0.2) is 0 Å². The van der Waals surface area contributed by atoms with E-state index in [0.717, 1.165) is 11.8 Å². The zero-order valence-corrected chi connectivity index (χ0v) is 11.8. The first-order chi connectivity index (χ1) is 8.97. The third-order valence-corrected chi connectivity index (χ3v) is 3.96. The number of nitrogens with two attached hydrogens (primary N) is 1. The molecule has 19 heavy (non-hydrogen) atoms. The number of carbonyl (C=O) groups is 1. The molecule has 0 amide bonds. The Hall–Kier alpha value is -1.43. The average molecular weight is 315 g/mol. The first kappa shape index (κ1) is 14.0. The van der Waals surface area contributed by atoms with Gasteiger partial charge >= 0.3 is 5.97 Å². The summed E-state index contributed by atoms with van der Waals surface area (Å²) in [7, 11) is 0. The molecule has 0 aliphatic heterocycles. The summed E-state index contributed by atoms with van der Waals surface area (Å²) in [5, 5.41) is 10.4. The second-order valence-corrected chi connectivity index (χ2v) is 5.48. The fourth-order valence-corrected chi connectivity index (χ4v) is 2.75. The summed E-state index contributed by atoms with van der Waals surface area (Å²) in [4.78, 5) is 15.8. The van der Waals surface area contributed by atoms with E-state index >= 15 is 0 Å². The maximum Gasteiger partial charge on any atom is 0.338 e. The fraction of sp³-hybridized carbons (Fsp3) is 0. The molecule has 0 saturated heterocycles. The maximum atomic E-state index is 11.1. The standard InChI is InChI=1S/C12H8Cl2N2O2S/c13-6-1-2-9(14)10(3-6)19-11-8(12(17)18)4-7(15)5-16-11/h1-5H,15H2,(H,17,18). The number of aromatic carboxylic acids is 1. The van der Waals surface area contributed by atoms with Gasteiger partial charge in [-0.1, -0.05) is 35.0 Å². The van der Waals surface area contributed by atoms with Crippen molar-refractivity contribution in [2.45, 2.75) is 9.92 Å². The van der Waals surface area contributed by atoms with Crippen molar-refractivity contribution in [2.75, 3.05) is 5.73 Å². The normalized spacial score (nSPS) is 10.4. The van der Waals surface area contributed by atoms with Gasteiger partial charge in [-0.05, 0) is 24.3 Å². The summed E-state index contributed by atoms with van der Waals surface area (Å²) in [6.45, 7) is 0. The van der Waals surface area contributed by atoms with E-state index in [2.05, 4.69) is 4.98 Å². The minimum absolute atomic E-state index is 0.0287. The molecule has 1 aromatic carbocycles. The highest BCUT2D eigenvalue weighted by molar-refractivity contribution is 7.99. The summed E-state index contributed by atoms with van der Waals surface area (Å²) in [6, 6.07) is 6.31. The van der Waals surface area contributed by atoms with Crippen LogP contribution in [0.2, 0.25) is 10.0 Å². The molecular weight excluding hydrogens is 307 g/mol. The number of anilines is 1. The molecule has 0 aliphatic rings. The first-order valence-corrected chi connectivity index (χ1v) is 6.66. The molecule has 0 radical (unpaired) electrons. The van der Waals surface area contributed by atoms with E-state index < -0.39 is 5.97 Å². The maximum absolute atomic E-state index is 11.1. The number of aromatic nitrogens is 1. The topological polar surface area (TPSA) is 76.2 Å². The van der Waals surface area contributed by atoms with Crippen molar-refractivity contribution < 1.29 is 9.90 Å². The number of nitrogens with zero attached hydrogens (tertiary/aromatic N) is 1. The Morgan fingerprint density at radius 3 is 2.74 bits per heavy atom. The van der Waals surface area contributed by atoms with Crippen molar-refractivity contribution in [2.24, 2.45) is 0 Å². The lowest BCUT2D eigenvalue weighted by molar-refractivity contribution is 0.0692. The Morgan fingerprint density at radius 2 is 2.05 bits per heavy atom. The number of carboxylic acids is 1. The summed E-state index contributed by atoms with van der Waals surface area (Å²) in [6.07, 6.45) is 1.40. The zero-order valence-electron chi connectivity index (χ0n) is 9.43. The molecule has 0 aliphatic carbocycles. The van der Waals surface area contributed by atoms with E-state index in [9.17, 15) is 4.79 Å². The minimum Gasteiger partial charge on any atom is -0.478 e. The van der Waals surface area contributed by atoms with E-state index in [1.807, 2.05) is 0 Å². The van der Waals surface area contributed by atoms with Gasteiger partial charge in [0.25, 0.3) is 0 Å². The molecule has 0 bridgehead atoms. The van der Waals surface area contributed by atoms with Crippen LogP contribution in [-0.2, 0) is 0 Å². The number of hydrogen-bond acceptors (Lipinski definition) is 4. The summed E-state index contributed by atoms with van der Waals surface area (Å²) in [5.74, 6) is -1.10. The van der Waals surface area contributed by atoms with Crippen LogP contribution in [0.1, 0.15) is 10.4 Å². The van der Waals surface area contributed by atoms with Crippen LogP contribution in [0, 0.1) is 0 Å². The van der Waals surface area contributed by atoms with Crippen LogP contribution in [0.4, 0.5) is 5.69 Å². The van der Waals surface area contributed by atoms with Gasteiger partial charge < -0.3 is 10.8 Å². The van der Waals surface area contributed by atoms with E-state index in [0.29, 0.717) is 25.7 Å². The molecule has 0 atom stereocenters.